The summed E-state index contributed by atoms with van der Waals surface area (Å²) >= 11 is 0. The molecule has 0 unspecified atom stereocenters. The minimum atomic E-state index is -0.988. The average molecular weight is 301 g/mol. The topological polar surface area (TPSA) is 93.5 Å². The van der Waals surface area contributed by atoms with E-state index >= 15 is 0 Å². The zero-order valence-corrected chi connectivity index (χ0v) is 11.7. The maximum Gasteiger partial charge on any atom is 0.325 e. The van der Waals surface area contributed by atoms with Crippen molar-refractivity contribution in [1.82, 2.24) is 9.78 Å². The number of para-hydroxylation sites is 1. The van der Waals surface area contributed by atoms with E-state index in [0.29, 0.717) is 18.8 Å². The molecular formula is C15H15N3O4. The molecule has 0 radical (unpaired) electrons. The van der Waals surface area contributed by atoms with Crippen LogP contribution in [0.2, 0.25) is 0 Å². The molecule has 0 fully saturated rings. The number of hydrogen-bond donors (Lipinski definition) is 2. The van der Waals surface area contributed by atoms with Crippen molar-refractivity contribution < 1.29 is 19.4 Å². The van der Waals surface area contributed by atoms with Crippen LogP contribution >= 0.6 is 0 Å². The summed E-state index contributed by atoms with van der Waals surface area (Å²) in [6.45, 7) is 0.0778. The summed E-state index contributed by atoms with van der Waals surface area (Å²) in [5, 5.41) is 15.4. The summed E-state index contributed by atoms with van der Waals surface area (Å²) < 4.78 is 6.84. The van der Waals surface area contributed by atoms with E-state index in [0.717, 1.165) is 11.3 Å². The van der Waals surface area contributed by atoms with Gasteiger partial charge in [0.2, 0.25) is 5.91 Å². The van der Waals surface area contributed by atoms with Crippen molar-refractivity contribution in [2.24, 2.45) is 5.92 Å². The van der Waals surface area contributed by atoms with E-state index in [1.807, 2.05) is 24.3 Å². The van der Waals surface area contributed by atoms with Gasteiger partial charge in [0.1, 0.15) is 18.9 Å². The normalized spacial score (nSPS) is 16.5. The van der Waals surface area contributed by atoms with Crippen LogP contribution in [0.25, 0.3) is 0 Å². The molecule has 0 saturated carbocycles. The largest absolute Gasteiger partial charge is 0.492 e. The molecule has 1 amide bonds. The van der Waals surface area contributed by atoms with Gasteiger partial charge < -0.3 is 15.2 Å². The molecule has 22 heavy (non-hydrogen) atoms. The van der Waals surface area contributed by atoms with E-state index in [1.54, 1.807) is 6.07 Å². The van der Waals surface area contributed by atoms with Crippen LogP contribution in [-0.2, 0) is 22.6 Å². The predicted molar refractivity (Wildman–Crippen MR) is 77.6 cm³/mol. The lowest BCUT2D eigenvalue weighted by atomic mass is 9.96. The number of amides is 1. The van der Waals surface area contributed by atoms with Gasteiger partial charge in [-0.15, -0.1) is 0 Å². The van der Waals surface area contributed by atoms with Gasteiger partial charge in [-0.2, -0.15) is 5.10 Å². The number of carboxylic acid groups (broad SMARTS) is 1. The molecule has 1 atom stereocenters. The smallest absolute Gasteiger partial charge is 0.325 e. The molecule has 114 valence electrons. The maximum absolute atomic E-state index is 12.3. The molecule has 0 aliphatic carbocycles. The Balaban J connectivity index is 1.63. The lowest BCUT2D eigenvalue weighted by Gasteiger charge is -2.24. The molecule has 2 heterocycles. The quantitative estimate of drug-likeness (QED) is 0.884. The molecule has 2 aromatic rings. The van der Waals surface area contributed by atoms with Gasteiger partial charge in [0.05, 0.1) is 5.92 Å². The van der Waals surface area contributed by atoms with E-state index in [2.05, 4.69) is 10.4 Å². The van der Waals surface area contributed by atoms with Crippen LogP contribution in [0, 0.1) is 5.92 Å². The Morgan fingerprint density at radius 3 is 3.00 bits per heavy atom. The van der Waals surface area contributed by atoms with Gasteiger partial charge in [0.15, 0.2) is 5.82 Å². The number of ether oxygens (including phenoxy) is 1. The number of nitrogens with one attached hydrogen (secondary N) is 1. The zero-order valence-electron chi connectivity index (χ0n) is 11.7. The van der Waals surface area contributed by atoms with E-state index in [-0.39, 0.29) is 18.4 Å². The Kier molecular flexibility index (Phi) is 3.78. The molecule has 1 aliphatic rings. The van der Waals surface area contributed by atoms with E-state index in [1.165, 1.54) is 10.9 Å². The van der Waals surface area contributed by atoms with Gasteiger partial charge in [-0.1, -0.05) is 18.2 Å². The third-order valence-corrected chi connectivity index (χ3v) is 3.44. The molecule has 2 N–H and O–H groups in total. The van der Waals surface area contributed by atoms with Gasteiger partial charge in [-0.25, -0.2) is 0 Å². The van der Waals surface area contributed by atoms with Crippen LogP contribution < -0.4 is 10.1 Å². The van der Waals surface area contributed by atoms with E-state index < -0.39 is 5.97 Å². The summed E-state index contributed by atoms with van der Waals surface area (Å²) in [6.07, 6.45) is 2.12. The standard InChI is InChI=1S/C15H15N3O4/c19-14(20)8-18-6-5-13(17-18)16-15(21)11-7-10-3-1-2-4-12(10)22-9-11/h1-6,11H,7-9H2,(H,19,20)(H,16,17,21)/t11-/m0/s1. The first-order chi connectivity index (χ1) is 10.6. The first-order valence-corrected chi connectivity index (χ1v) is 6.88. The van der Waals surface area contributed by atoms with Crippen LogP contribution in [0.15, 0.2) is 36.5 Å². The molecule has 1 aromatic heterocycles. The maximum atomic E-state index is 12.3. The second-order valence-corrected chi connectivity index (χ2v) is 5.10. The third kappa shape index (κ3) is 3.08. The molecule has 7 nitrogen and oxygen atoms in total. The van der Waals surface area contributed by atoms with Crippen LogP contribution in [0.1, 0.15) is 5.56 Å². The fourth-order valence-corrected chi connectivity index (χ4v) is 2.38. The van der Waals surface area contributed by atoms with Gasteiger partial charge >= 0.3 is 5.97 Å². The SMILES string of the molecule is O=C(O)Cn1ccc(NC(=O)[C@@H]2COc3ccccc3C2)n1. The number of benzene rings is 1. The van der Waals surface area contributed by atoms with Crippen molar-refractivity contribution in [3.63, 3.8) is 0 Å². The van der Waals surface area contributed by atoms with Crippen molar-refractivity contribution in [2.75, 3.05) is 11.9 Å². The number of carboxylic acids is 1. The minimum absolute atomic E-state index is 0.185. The highest BCUT2D eigenvalue weighted by molar-refractivity contribution is 5.92. The summed E-state index contributed by atoms with van der Waals surface area (Å²) in [5.41, 5.74) is 1.00. The number of carbonyl (C=O) groups is 2. The summed E-state index contributed by atoms with van der Waals surface area (Å²) in [5.74, 6) is -0.310. The fourth-order valence-electron chi connectivity index (χ4n) is 2.38. The highest BCUT2D eigenvalue weighted by Gasteiger charge is 2.26. The fraction of sp³-hybridized carbons (Fsp3) is 0.267. The Labute approximate surface area is 126 Å². The lowest BCUT2D eigenvalue weighted by Crippen LogP contribution is -2.32. The van der Waals surface area contributed by atoms with Gasteiger partial charge in [-0.3, -0.25) is 14.3 Å². The Hall–Kier alpha value is -2.83. The molecule has 0 bridgehead atoms. The Morgan fingerprint density at radius 1 is 1.36 bits per heavy atom. The minimum Gasteiger partial charge on any atom is -0.492 e. The molecule has 3 rings (SSSR count). The number of aromatic nitrogens is 2. The number of fused-ring (bicyclic) bond motifs is 1. The average Bonchev–Trinajstić information content (AvgIpc) is 2.93. The predicted octanol–water partition coefficient (Wildman–Crippen LogP) is 1.16. The van der Waals surface area contributed by atoms with Crippen LogP contribution in [-0.4, -0.2) is 33.4 Å². The molecule has 7 heteroatoms. The molecule has 0 saturated heterocycles. The Bertz CT molecular complexity index is 710. The molecule has 0 spiro atoms. The second kappa shape index (κ2) is 5.88. The van der Waals surface area contributed by atoms with Gasteiger partial charge in [-0.05, 0) is 18.1 Å². The van der Waals surface area contributed by atoms with Crippen molar-refractivity contribution in [1.29, 1.82) is 0 Å². The highest BCUT2D eigenvalue weighted by Crippen LogP contribution is 2.27. The number of nitrogens with zero attached hydrogens (tertiary/aromatic N) is 2. The molecule has 1 aliphatic heterocycles. The molecular weight excluding hydrogens is 286 g/mol. The van der Waals surface area contributed by atoms with Crippen molar-refractivity contribution in [3.05, 3.63) is 42.1 Å². The summed E-state index contributed by atoms with van der Waals surface area (Å²) in [6, 6.07) is 9.20. The van der Waals surface area contributed by atoms with Crippen LogP contribution in [0.3, 0.4) is 0 Å². The summed E-state index contributed by atoms with van der Waals surface area (Å²) in [4.78, 5) is 22.9. The van der Waals surface area contributed by atoms with Gasteiger partial charge in [0, 0.05) is 12.3 Å². The summed E-state index contributed by atoms with van der Waals surface area (Å²) in [7, 11) is 0. The zero-order chi connectivity index (χ0) is 15.5. The number of hydrogen-bond acceptors (Lipinski definition) is 4. The highest BCUT2D eigenvalue weighted by atomic mass is 16.5. The van der Waals surface area contributed by atoms with Crippen LogP contribution in [0.5, 0.6) is 5.75 Å². The monoisotopic (exact) mass is 301 g/mol. The van der Waals surface area contributed by atoms with E-state index in [9.17, 15) is 9.59 Å². The molecule has 1 aromatic carbocycles. The third-order valence-electron chi connectivity index (χ3n) is 3.44. The van der Waals surface area contributed by atoms with Crippen molar-refractivity contribution >= 4 is 17.7 Å². The number of rotatable bonds is 4. The van der Waals surface area contributed by atoms with Crippen molar-refractivity contribution in [3.8, 4) is 5.75 Å². The Morgan fingerprint density at radius 2 is 2.18 bits per heavy atom. The van der Waals surface area contributed by atoms with Gasteiger partial charge in [0.25, 0.3) is 0 Å². The first kappa shape index (κ1) is 14.1. The van der Waals surface area contributed by atoms with E-state index in [4.69, 9.17) is 9.84 Å². The van der Waals surface area contributed by atoms with Crippen molar-refractivity contribution in [2.45, 2.75) is 13.0 Å². The first-order valence-electron chi connectivity index (χ1n) is 6.88. The lowest BCUT2D eigenvalue weighted by molar-refractivity contribution is -0.137. The number of aliphatic carboxylic acids is 1. The second-order valence-electron chi connectivity index (χ2n) is 5.10. The van der Waals surface area contributed by atoms with Crippen LogP contribution in [0.4, 0.5) is 5.82 Å². The number of anilines is 1. The number of carbonyl (C=O) groups excluding carboxylic acids is 1.